The minimum absolute atomic E-state index is 0.130. The van der Waals surface area contributed by atoms with Gasteiger partial charge in [-0.05, 0) is 36.4 Å². The largest absolute Gasteiger partial charge is 0.490 e. The van der Waals surface area contributed by atoms with Crippen molar-refractivity contribution < 1.29 is 32.3 Å². The number of anilines is 2. The summed E-state index contributed by atoms with van der Waals surface area (Å²) in [4.78, 5) is 25.2. The van der Waals surface area contributed by atoms with Gasteiger partial charge in [-0.1, -0.05) is 18.2 Å². The molecule has 158 valence electrons. The highest BCUT2D eigenvalue weighted by molar-refractivity contribution is 7.14. The number of carbonyl (C=O) groups is 2. The van der Waals surface area contributed by atoms with Crippen LogP contribution < -0.4 is 10.6 Å². The number of halogens is 4. The molecule has 0 spiro atoms. The molecule has 1 aromatic heterocycles. The SMILES string of the molecule is O=C(CNc1nc(-c2ccc(F)cc2)cs1)Nc1ccccc1.O=C(O)C(F)(F)F. The molecule has 0 unspecified atom stereocenters. The molecule has 6 nitrogen and oxygen atoms in total. The molecule has 0 saturated carbocycles. The molecule has 0 fully saturated rings. The van der Waals surface area contributed by atoms with Gasteiger partial charge in [0.1, 0.15) is 5.82 Å². The van der Waals surface area contributed by atoms with E-state index in [0.29, 0.717) is 5.13 Å². The molecule has 30 heavy (non-hydrogen) atoms. The standard InChI is InChI=1S/C17H14FN3OS.C2HF3O2/c18-13-8-6-12(7-9-13)15-11-23-17(21-15)19-10-16(22)20-14-4-2-1-3-5-14;3-2(4,5)1(6)7/h1-9,11H,10H2,(H,19,21)(H,20,22);(H,6,7). The number of benzene rings is 2. The van der Waals surface area contributed by atoms with Crippen LogP contribution in [0.25, 0.3) is 11.3 Å². The summed E-state index contributed by atoms with van der Waals surface area (Å²) in [5, 5.41) is 15.4. The van der Waals surface area contributed by atoms with E-state index in [2.05, 4.69) is 15.6 Å². The van der Waals surface area contributed by atoms with Gasteiger partial charge in [-0.3, -0.25) is 4.79 Å². The minimum atomic E-state index is -5.08. The molecule has 0 saturated heterocycles. The van der Waals surface area contributed by atoms with Crippen LogP contribution in [0.15, 0.2) is 60.0 Å². The van der Waals surface area contributed by atoms with E-state index in [1.165, 1.54) is 23.5 Å². The van der Waals surface area contributed by atoms with Crippen LogP contribution in [0.5, 0.6) is 0 Å². The molecule has 3 rings (SSSR count). The van der Waals surface area contributed by atoms with Crippen molar-refractivity contribution in [2.75, 3.05) is 17.2 Å². The predicted molar refractivity (Wildman–Crippen MR) is 105 cm³/mol. The van der Waals surface area contributed by atoms with Crippen LogP contribution >= 0.6 is 11.3 Å². The molecular formula is C19H15F4N3O3S. The molecule has 11 heteroatoms. The Balaban J connectivity index is 0.000000396. The highest BCUT2D eigenvalue weighted by Gasteiger charge is 2.38. The highest BCUT2D eigenvalue weighted by atomic mass is 32.1. The lowest BCUT2D eigenvalue weighted by Crippen LogP contribution is -2.21. The van der Waals surface area contributed by atoms with Crippen LogP contribution in [0.1, 0.15) is 0 Å². The zero-order valence-electron chi connectivity index (χ0n) is 15.1. The normalized spacial score (nSPS) is 10.5. The number of thiazole rings is 1. The molecule has 0 aliphatic heterocycles. The topological polar surface area (TPSA) is 91.3 Å². The van der Waals surface area contributed by atoms with Gasteiger partial charge in [0.15, 0.2) is 5.13 Å². The Labute approximate surface area is 172 Å². The van der Waals surface area contributed by atoms with Gasteiger partial charge in [-0.25, -0.2) is 14.2 Å². The monoisotopic (exact) mass is 441 g/mol. The lowest BCUT2D eigenvalue weighted by Gasteiger charge is -2.05. The molecule has 0 radical (unpaired) electrons. The molecule has 1 heterocycles. The molecule has 0 aliphatic carbocycles. The number of aromatic nitrogens is 1. The maximum absolute atomic E-state index is 12.9. The Morgan fingerprint density at radius 2 is 1.63 bits per heavy atom. The number of hydrogen-bond donors (Lipinski definition) is 3. The second kappa shape index (κ2) is 10.3. The number of carboxylic acids is 1. The number of carboxylic acid groups (broad SMARTS) is 1. The molecule has 1 amide bonds. The third kappa shape index (κ3) is 7.51. The van der Waals surface area contributed by atoms with E-state index in [4.69, 9.17) is 9.90 Å². The Bertz CT molecular complexity index is 977. The molecule has 3 aromatic rings. The van der Waals surface area contributed by atoms with E-state index < -0.39 is 12.1 Å². The fraction of sp³-hybridized carbons (Fsp3) is 0.105. The van der Waals surface area contributed by atoms with Gasteiger partial charge in [-0.15, -0.1) is 11.3 Å². The Kier molecular flexibility index (Phi) is 7.87. The third-order valence-corrected chi connectivity index (χ3v) is 4.14. The van der Waals surface area contributed by atoms with E-state index in [0.717, 1.165) is 16.9 Å². The van der Waals surface area contributed by atoms with E-state index in [1.54, 1.807) is 12.1 Å². The summed E-state index contributed by atoms with van der Waals surface area (Å²) in [7, 11) is 0. The Morgan fingerprint density at radius 3 is 2.20 bits per heavy atom. The zero-order valence-corrected chi connectivity index (χ0v) is 15.9. The van der Waals surface area contributed by atoms with Crippen molar-refractivity contribution in [1.29, 1.82) is 0 Å². The van der Waals surface area contributed by atoms with Crippen molar-refractivity contribution in [2.45, 2.75) is 6.18 Å². The van der Waals surface area contributed by atoms with Gasteiger partial charge in [0, 0.05) is 16.6 Å². The number of nitrogens with zero attached hydrogens (tertiary/aromatic N) is 1. The highest BCUT2D eigenvalue weighted by Crippen LogP contribution is 2.24. The molecule has 0 atom stereocenters. The Hall–Kier alpha value is -3.47. The summed E-state index contributed by atoms with van der Waals surface area (Å²) >= 11 is 1.40. The van der Waals surface area contributed by atoms with Crippen molar-refractivity contribution in [3.63, 3.8) is 0 Å². The summed E-state index contributed by atoms with van der Waals surface area (Å²) in [6.45, 7) is 0.130. The van der Waals surface area contributed by atoms with Crippen LogP contribution in [-0.4, -0.2) is 34.7 Å². The van der Waals surface area contributed by atoms with Crippen LogP contribution in [0.2, 0.25) is 0 Å². The maximum Gasteiger partial charge on any atom is 0.490 e. The third-order valence-electron chi connectivity index (χ3n) is 3.34. The van der Waals surface area contributed by atoms with E-state index in [1.807, 2.05) is 35.7 Å². The van der Waals surface area contributed by atoms with Gasteiger partial charge >= 0.3 is 12.1 Å². The van der Waals surface area contributed by atoms with Crippen LogP contribution in [0.4, 0.5) is 28.4 Å². The fourth-order valence-corrected chi connectivity index (χ4v) is 2.71. The molecule has 2 aromatic carbocycles. The number of carbonyl (C=O) groups excluding carboxylic acids is 1. The van der Waals surface area contributed by atoms with Gasteiger partial charge < -0.3 is 15.7 Å². The molecule has 3 N–H and O–H groups in total. The van der Waals surface area contributed by atoms with E-state index in [9.17, 15) is 22.4 Å². The van der Waals surface area contributed by atoms with Crippen LogP contribution in [0.3, 0.4) is 0 Å². The Morgan fingerprint density at radius 1 is 1.03 bits per heavy atom. The van der Waals surface area contributed by atoms with Gasteiger partial charge in [0.05, 0.1) is 12.2 Å². The zero-order chi connectivity index (χ0) is 22.1. The van der Waals surface area contributed by atoms with Crippen molar-refractivity contribution >= 4 is 34.0 Å². The summed E-state index contributed by atoms with van der Waals surface area (Å²) < 4.78 is 44.7. The average molecular weight is 441 g/mol. The first-order valence-electron chi connectivity index (χ1n) is 8.25. The second-order valence-electron chi connectivity index (χ2n) is 5.62. The molecule has 0 bridgehead atoms. The van der Waals surface area contributed by atoms with Gasteiger partial charge in [-0.2, -0.15) is 13.2 Å². The van der Waals surface area contributed by atoms with Crippen molar-refractivity contribution in [3.8, 4) is 11.3 Å². The number of para-hydroxylation sites is 1. The molecular weight excluding hydrogens is 426 g/mol. The van der Waals surface area contributed by atoms with Gasteiger partial charge in [0.25, 0.3) is 0 Å². The van der Waals surface area contributed by atoms with E-state index in [-0.39, 0.29) is 18.3 Å². The molecule has 0 aliphatic rings. The van der Waals surface area contributed by atoms with Crippen molar-refractivity contribution in [3.05, 3.63) is 65.8 Å². The number of hydrogen-bond acceptors (Lipinski definition) is 5. The predicted octanol–water partition coefficient (Wildman–Crippen LogP) is 4.63. The maximum atomic E-state index is 12.9. The second-order valence-corrected chi connectivity index (χ2v) is 6.47. The number of alkyl halides is 3. The number of amides is 1. The van der Waals surface area contributed by atoms with E-state index >= 15 is 0 Å². The van der Waals surface area contributed by atoms with Crippen LogP contribution in [0, 0.1) is 5.82 Å². The first-order valence-corrected chi connectivity index (χ1v) is 9.13. The van der Waals surface area contributed by atoms with Crippen molar-refractivity contribution in [2.24, 2.45) is 0 Å². The minimum Gasteiger partial charge on any atom is -0.475 e. The quantitative estimate of drug-likeness (QED) is 0.502. The number of rotatable bonds is 5. The summed E-state index contributed by atoms with van der Waals surface area (Å²) in [6, 6.07) is 15.4. The lowest BCUT2D eigenvalue weighted by atomic mass is 10.2. The summed E-state index contributed by atoms with van der Waals surface area (Å²) in [6.07, 6.45) is -5.08. The summed E-state index contributed by atoms with van der Waals surface area (Å²) in [5.74, 6) is -3.18. The van der Waals surface area contributed by atoms with Crippen LogP contribution in [-0.2, 0) is 9.59 Å². The van der Waals surface area contributed by atoms with Crippen molar-refractivity contribution in [1.82, 2.24) is 4.98 Å². The smallest absolute Gasteiger partial charge is 0.475 e. The summed E-state index contributed by atoms with van der Waals surface area (Å²) in [5.41, 5.74) is 2.34. The number of nitrogens with one attached hydrogen (secondary N) is 2. The lowest BCUT2D eigenvalue weighted by molar-refractivity contribution is -0.192. The first kappa shape index (κ1) is 22.8. The fourth-order valence-electron chi connectivity index (χ4n) is 1.99. The van der Waals surface area contributed by atoms with Gasteiger partial charge in [0.2, 0.25) is 5.91 Å². The first-order chi connectivity index (χ1) is 14.1. The number of aliphatic carboxylic acids is 1. The average Bonchev–Trinajstić information content (AvgIpc) is 3.16.